The Morgan fingerprint density at radius 1 is 0.939 bits per heavy atom. The molecule has 0 radical (unpaired) electrons. The summed E-state index contributed by atoms with van der Waals surface area (Å²) in [5.41, 5.74) is 5.46. The fraction of sp³-hybridized carbons (Fsp3) is 0.321. The van der Waals surface area contributed by atoms with E-state index in [1.54, 1.807) is 7.11 Å². The third-order valence-corrected chi connectivity index (χ3v) is 6.64. The van der Waals surface area contributed by atoms with E-state index in [1.165, 1.54) is 22.3 Å². The molecule has 5 nitrogen and oxygen atoms in total. The number of aryl methyl sites for hydroxylation is 2. The van der Waals surface area contributed by atoms with Gasteiger partial charge in [0.15, 0.2) is 0 Å². The number of amides is 2. The number of benzene rings is 3. The SMILES string of the molecule is COc1ccc(CCN2C(=O)NCC2(NCCc2ccccc2)c2ccc(C)c(C)c2)cc1. The standard InChI is InChI=1S/C28H33N3O2/c1-21-9-12-25(19-22(21)2)28(30-17-15-23-7-5-4-6-8-23)20-29-27(32)31(28)18-16-24-10-13-26(33-3)14-11-24/h4-14,19,30H,15-18,20H2,1-3H3,(H,29,32). The van der Waals surface area contributed by atoms with E-state index >= 15 is 0 Å². The molecule has 0 aromatic heterocycles. The van der Waals surface area contributed by atoms with Gasteiger partial charge in [-0.2, -0.15) is 0 Å². The average Bonchev–Trinajstić information content (AvgIpc) is 3.16. The second kappa shape index (κ2) is 10.1. The maximum atomic E-state index is 13.0. The van der Waals surface area contributed by atoms with Gasteiger partial charge in [0.25, 0.3) is 0 Å². The molecule has 1 unspecified atom stereocenters. The van der Waals surface area contributed by atoms with Gasteiger partial charge in [-0.1, -0.05) is 60.7 Å². The van der Waals surface area contributed by atoms with Crippen molar-refractivity contribution in [3.8, 4) is 5.75 Å². The summed E-state index contributed by atoms with van der Waals surface area (Å²) in [5, 5.41) is 6.86. The minimum absolute atomic E-state index is 0.0334. The molecule has 1 saturated heterocycles. The highest BCUT2D eigenvalue weighted by molar-refractivity contribution is 5.78. The molecule has 4 rings (SSSR count). The highest BCUT2D eigenvalue weighted by atomic mass is 16.5. The van der Waals surface area contributed by atoms with Gasteiger partial charge in [0, 0.05) is 13.1 Å². The van der Waals surface area contributed by atoms with E-state index in [-0.39, 0.29) is 6.03 Å². The summed E-state index contributed by atoms with van der Waals surface area (Å²) >= 11 is 0. The number of nitrogens with one attached hydrogen (secondary N) is 2. The van der Waals surface area contributed by atoms with Gasteiger partial charge < -0.3 is 15.0 Å². The lowest BCUT2D eigenvalue weighted by Crippen LogP contribution is -2.56. The van der Waals surface area contributed by atoms with Crippen molar-refractivity contribution in [3.05, 3.63) is 101 Å². The molecule has 33 heavy (non-hydrogen) atoms. The highest BCUT2D eigenvalue weighted by Gasteiger charge is 2.46. The molecule has 2 N–H and O–H groups in total. The number of methoxy groups -OCH3 is 1. The summed E-state index contributed by atoms with van der Waals surface area (Å²) in [6, 6.07) is 25.0. The first-order chi connectivity index (χ1) is 16.0. The molecule has 2 amide bonds. The average molecular weight is 444 g/mol. The summed E-state index contributed by atoms with van der Waals surface area (Å²) < 4.78 is 5.27. The van der Waals surface area contributed by atoms with E-state index in [2.05, 4.69) is 79.1 Å². The molecule has 1 aliphatic heterocycles. The van der Waals surface area contributed by atoms with E-state index in [0.29, 0.717) is 13.1 Å². The van der Waals surface area contributed by atoms with Crippen molar-refractivity contribution in [3.63, 3.8) is 0 Å². The molecule has 1 aliphatic rings. The Balaban J connectivity index is 1.58. The van der Waals surface area contributed by atoms with Crippen LogP contribution < -0.4 is 15.4 Å². The van der Waals surface area contributed by atoms with Gasteiger partial charge in [0.1, 0.15) is 11.4 Å². The molecular formula is C28H33N3O2. The largest absolute Gasteiger partial charge is 0.497 e. The lowest BCUT2D eigenvalue weighted by atomic mass is 9.94. The lowest BCUT2D eigenvalue weighted by molar-refractivity contribution is 0.126. The summed E-state index contributed by atoms with van der Waals surface area (Å²) in [5.74, 6) is 0.838. The Hall–Kier alpha value is -3.31. The summed E-state index contributed by atoms with van der Waals surface area (Å²) in [4.78, 5) is 15.0. The van der Waals surface area contributed by atoms with Crippen LogP contribution in [0.25, 0.3) is 0 Å². The van der Waals surface area contributed by atoms with Crippen LogP contribution in [0.3, 0.4) is 0 Å². The molecule has 3 aromatic rings. The topological polar surface area (TPSA) is 53.6 Å². The number of carbonyl (C=O) groups is 1. The Morgan fingerprint density at radius 3 is 2.36 bits per heavy atom. The Bertz CT molecular complexity index is 1080. The second-order valence-corrected chi connectivity index (χ2v) is 8.73. The molecule has 0 bridgehead atoms. The van der Waals surface area contributed by atoms with Crippen molar-refractivity contribution in [2.45, 2.75) is 32.4 Å². The van der Waals surface area contributed by atoms with Gasteiger partial charge >= 0.3 is 6.03 Å². The highest BCUT2D eigenvalue weighted by Crippen LogP contribution is 2.31. The zero-order chi connectivity index (χ0) is 23.3. The Morgan fingerprint density at radius 2 is 1.67 bits per heavy atom. The van der Waals surface area contributed by atoms with Gasteiger partial charge in [-0.3, -0.25) is 5.32 Å². The van der Waals surface area contributed by atoms with Crippen LogP contribution in [0.15, 0.2) is 72.8 Å². The smallest absolute Gasteiger partial charge is 0.319 e. The number of rotatable bonds is 9. The molecule has 0 saturated carbocycles. The lowest BCUT2D eigenvalue weighted by Gasteiger charge is -2.39. The van der Waals surface area contributed by atoms with Crippen molar-refractivity contribution in [1.82, 2.24) is 15.5 Å². The summed E-state index contributed by atoms with van der Waals surface area (Å²) in [7, 11) is 1.67. The maximum Gasteiger partial charge on any atom is 0.319 e. The van der Waals surface area contributed by atoms with Crippen molar-refractivity contribution in [2.24, 2.45) is 0 Å². The molecule has 3 aromatic carbocycles. The van der Waals surface area contributed by atoms with E-state index in [0.717, 1.165) is 30.7 Å². The van der Waals surface area contributed by atoms with Crippen LogP contribution in [0.1, 0.15) is 27.8 Å². The number of nitrogens with zero attached hydrogens (tertiary/aromatic N) is 1. The predicted octanol–water partition coefficient (Wildman–Crippen LogP) is 4.57. The normalized spacial score (nSPS) is 17.8. The van der Waals surface area contributed by atoms with Crippen LogP contribution in [-0.4, -0.2) is 37.7 Å². The quantitative estimate of drug-likeness (QED) is 0.510. The first-order valence-corrected chi connectivity index (χ1v) is 11.6. The van der Waals surface area contributed by atoms with Gasteiger partial charge in [0.2, 0.25) is 0 Å². The number of urea groups is 1. The third kappa shape index (κ3) is 5.04. The van der Waals surface area contributed by atoms with Crippen molar-refractivity contribution >= 4 is 6.03 Å². The third-order valence-electron chi connectivity index (χ3n) is 6.64. The fourth-order valence-electron chi connectivity index (χ4n) is 4.47. The minimum Gasteiger partial charge on any atom is -0.497 e. The van der Waals surface area contributed by atoms with Crippen molar-refractivity contribution in [2.75, 3.05) is 26.7 Å². The van der Waals surface area contributed by atoms with Crippen molar-refractivity contribution < 1.29 is 9.53 Å². The van der Waals surface area contributed by atoms with Crippen LogP contribution in [-0.2, 0) is 18.5 Å². The van der Waals surface area contributed by atoms with Gasteiger partial charge in [-0.15, -0.1) is 0 Å². The van der Waals surface area contributed by atoms with E-state index in [9.17, 15) is 4.79 Å². The second-order valence-electron chi connectivity index (χ2n) is 8.73. The van der Waals surface area contributed by atoms with Gasteiger partial charge in [-0.25, -0.2) is 4.79 Å². The minimum atomic E-state index is -0.587. The molecule has 0 spiro atoms. The molecule has 1 atom stereocenters. The molecule has 1 fully saturated rings. The number of ether oxygens (including phenoxy) is 1. The predicted molar refractivity (Wildman–Crippen MR) is 133 cm³/mol. The summed E-state index contributed by atoms with van der Waals surface area (Å²) in [6.07, 6.45) is 1.66. The van der Waals surface area contributed by atoms with E-state index < -0.39 is 5.66 Å². The molecule has 0 aliphatic carbocycles. The van der Waals surface area contributed by atoms with Crippen LogP contribution in [0.2, 0.25) is 0 Å². The molecule has 172 valence electrons. The summed E-state index contributed by atoms with van der Waals surface area (Å²) in [6.45, 7) is 6.16. The first-order valence-electron chi connectivity index (χ1n) is 11.6. The maximum absolute atomic E-state index is 13.0. The monoisotopic (exact) mass is 443 g/mol. The number of carbonyl (C=O) groups excluding carboxylic acids is 1. The fourth-order valence-corrected chi connectivity index (χ4v) is 4.47. The van der Waals surface area contributed by atoms with Gasteiger partial charge in [0.05, 0.1) is 13.7 Å². The van der Waals surface area contributed by atoms with Gasteiger partial charge in [-0.05, 0) is 66.6 Å². The van der Waals surface area contributed by atoms with E-state index in [4.69, 9.17) is 4.74 Å². The zero-order valence-electron chi connectivity index (χ0n) is 19.7. The number of hydrogen-bond acceptors (Lipinski definition) is 3. The Labute approximate surface area is 196 Å². The van der Waals surface area contributed by atoms with Crippen LogP contribution in [0.5, 0.6) is 5.75 Å². The van der Waals surface area contributed by atoms with Crippen LogP contribution >= 0.6 is 0 Å². The van der Waals surface area contributed by atoms with Crippen LogP contribution in [0, 0.1) is 13.8 Å². The van der Waals surface area contributed by atoms with Crippen LogP contribution in [0.4, 0.5) is 4.79 Å². The van der Waals surface area contributed by atoms with Crippen molar-refractivity contribution in [1.29, 1.82) is 0 Å². The number of hydrogen-bond donors (Lipinski definition) is 2. The zero-order valence-corrected chi connectivity index (χ0v) is 19.7. The van der Waals surface area contributed by atoms with E-state index in [1.807, 2.05) is 23.1 Å². The Kier molecular flexibility index (Phi) is 6.99. The molecular weight excluding hydrogens is 410 g/mol. The molecule has 1 heterocycles. The molecule has 5 heteroatoms. The first kappa shape index (κ1) is 22.9.